The third-order valence-corrected chi connectivity index (χ3v) is 2.12. The summed E-state index contributed by atoms with van der Waals surface area (Å²) >= 11 is 0. The topological polar surface area (TPSA) is 82.9 Å². The number of guanidine groups is 1. The number of hydrogen-bond acceptors (Lipinski definition) is 3. The second-order valence-corrected chi connectivity index (χ2v) is 3.60. The SMILES string of the molecule is NC(N)=NCc1ccc(OCCF)c(OCCF)c1. The van der Waals surface area contributed by atoms with E-state index in [1.807, 2.05) is 0 Å². The fourth-order valence-corrected chi connectivity index (χ4v) is 1.36. The van der Waals surface area contributed by atoms with Gasteiger partial charge in [0.2, 0.25) is 0 Å². The maximum Gasteiger partial charge on any atom is 0.186 e. The second kappa shape index (κ2) is 8.12. The number of ether oxygens (including phenoxy) is 2. The van der Waals surface area contributed by atoms with E-state index in [9.17, 15) is 8.78 Å². The molecule has 0 fully saturated rings. The van der Waals surface area contributed by atoms with Crippen LogP contribution in [0.3, 0.4) is 0 Å². The van der Waals surface area contributed by atoms with Gasteiger partial charge in [0.25, 0.3) is 0 Å². The Morgan fingerprint density at radius 1 is 1.05 bits per heavy atom. The minimum Gasteiger partial charge on any atom is -0.487 e. The van der Waals surface area contributed by atoms with Gasteiger partial charge in [0.05, 0.1) is 6.54 Å². The van der Waals surface area contributed by atoms with E-state index in [1.165, 1.54) is 0 Å². The largest absolute Gasteiger partial charge is 0.487 e. The van der Waals surface area contributed by atoms with Crippen LogP contribution in [0.15, 0.2) is 23.2 Å². The van der Waals surface area contributed by atoms with Gasteiger partial charge >= 0.3 is 0 Å². The van der Waals surface area contributed by atoms with Crippen molar-refractivity contribution in [1.82, 2.24) is 0 Å². The molecule has 7 heteroatoms. The first kappa shape index (κ1) is 15.0. The van der Waals surface area contributed by atoms with Crippen molar-refractivity contribution in [1.29, 1.82) is 0 Å². The highest BCUT2D eigenvalue weighted by Crippen LogP contribution is 2.28. The van der Waals surface area contributed by atoms with Gasteiger partial charge in [0.1, 0.15) is 26.6 Å². The summed E-state index contributed by atoms with van der Waals surface area (Å²) in [5.74, 6) is 0.679. The van der Waals surface area contributed by atoms with E-state index < -0.39 is 13.3 Å². The number of benzene rings is 1. The smallest absolute Gasteiger partial charge is 0.186 e. The van der Waals surface area contributed by atoms with Gasteiger partial charge in [0.15, 0.2) is 17.5 Å². The van der Waals surface area contributed by atoms with Gasteiger partial charge in [-0.1, -0.05) is 6.07 Å². The predicted molar refractivity (Wildman–Crippen MR) is 68.9 cm³/mol. The third-order valence-electron chi connectivity index (χ3n) is 2.12. The van der Waals surface area contributed by atoms with Crippen LogP contribution in [0.2, 0.25) is 0 Å². The molecule has 0 unspecified atom stereocenters. The minimum atomic E-state index is -0.624. The van der Waals surface area contributed by atoms with Crippen molar-refractivity contribution >= 4 is 5.96 Å². The summed E-state index contributed by atoms with van der Waals surface area (Å²) in [6, 6.07) is 4.97. The van der Waals surface area contributed by atoms with Crippen molar-refractivity contribution in [3.63, 3.8) is 0 Å². The molecule has 106 valence electrons. The maximum absolute atomic E-state index is 12.1. The van der Waals surface area contributed by atoms with Crippen molar-refractivity contribution in [3.05, 3.63) is 23.8 Å². The summed E-state index contributed by atoms with van der Waals surface area (Å²) in [5.41, 5.74) is 11.2. The first-order valence-corrected chi connectivity index (χ1v) is 5.73. The fraction of sp³-hybridized carbons (Fsp3) is 0.417. The van der Waals surface area contributed by atoms with Gasteiger partial charge in [-0.05, 0) is 17.7 Å². The molecular weight excluding hydrogens is 256 g/mol. The molecular formula is C12H17F2N3O2. The van der Waals surface area contributed by atoms with Gasteiger partial charge in [-0.3, -0.25) is 0 Å². The Morgan fingerprint density at radius 2 is 1.68 bits per heavy atom. The highest BCUT2D eigenvalue weighted by atomic mass is 19.1. The molecule has 0 aromatic heterocycles. The van der Waals surface area contributed by atoms with E-state index in [1.54, 1.807) is 18.2 Å². The minimum absolute atomic E-state index is 0.0241. The van der Waals surface area contributed by atoms with Crippen LogP contribution in [-0.2, 0) is 6.54 Å². The van der Waals surface area contributed by atoms with Gasteiger partial charge in [0, 0.05) is 0 Å². The highest BCUT2D eigenvalue weighted by Gasteiger charge is 2.07. The summed E-state index contributed by atoms with van der Waals surface area (Å²) < 4.78 is 34.6. The summed E-state index contributed by atoms with van der Waals surface area (Å²) in [4.78, 5) is 3.85. The number of rotatable bonds is 8. The normalized spacial score (nSPS) is 10.0. The molecule has 1 aromatic rings. The summed E-state index contributed by atoms with van der Waals surface area (Å²) in [7, 11) is 0. The van der Waals surface area contributed by atoms with Gasteiger partial charge in [-0.15, -0.1) is 0 Å². The van der Waals surface area contributed by atoms with Gasteiger partial charge < -0.3 is 20.9 Å². The number of nitrogens with zero attached hydrogens (tertiary/aromatic N) is 1. The summed E-state index contributed by atoms with van der Waals surface area (Å²) in [5, 5.41) is 0. The molecule has 0 heterocycles. The van der Waals surface area contributed by atoms with Crippen molar-refractivity contribution in [2.24, 2.45) is 16.5 Å². The molecule has 5 nitrogen and oxygen atoms in total. The first-order chi connectivity index (χ1) is 9.17. The van der Waals surface area contributed by atoms with Crippen molar-refractivity contribution in [2.75, 3.05) is 26.6 Å². The second-order valence-electron chi connectivity index (χ2n) is 3.60. The third kappa shape index (κ3) is 5.41. The van der Waals surface area contributed by atoms with Crippen LogP contribution in [0, 0.1) is 0 Å². The average Bonchev–Trinajstić information content (AvgIpc) is 2.41. The lowest BCUT2D eigenvalue weighted by atomic mass is 10.2. The molecule has 1 rings (SSSR count). The molecule has 0 aliphatic carbocycles. The van der Waals surface area contributed by atoms with Crippen molar-refractivity contribution < 1.29 is 18.3 Å². The molecule has 0 aliphatic heterocycles. The molecule has 0 atom stereocenters. The number of halogens is 2. The zero-order chi connectivity index (χ0) is 14.1. The lowest BCUT2D eigenvalue weighted by Crippen LogP contribution is -2.22. The van der Waals surface area contributed by atoms with Crippen molar-refractivity contribution in [2.45, 2.75) is 6.54 Å². The maximum atomic E-state index is 12.1. The highest BCUT2D eigenvalue weighted by molar-refractivity contribution is 5.75. The molecule has 0 bridgehead atoms. The van der Waals surface area contributed by atoms with Crippen LogP contribution in [0.5, 0.6) is 11.5 Å². The quantitative estimate of drug-likeness (QED) is 0.550. The molecule has 0 amide bonds. The van der Waals surface area contributed by atoms with Crippen LogP contribution in [-0.4, -0.2) is 32.5 Å². The Hall–Kier alpha value is -2.05. The van der Waals surface area contributed by atoms with E-state index in [-0.39, 0.29) is 25.7 Å². The number of hydrogen-bond donors (Lipinski definition) is 2. The zero-order valence-electron chi connectivity index (χ0n) is 10.4. The zero-order valence-corrected chi connectivity index (χ0v) is 10.4. The van der Waals surface area contributed by atoms with Crippen LogP contribution in [0.25, 0.3) is 0 Å². The lowest BCUT2D eigenvalue weighted by Gasteiger charge is -2.12. The Balaban J connectivity index is 2.83. The van der Waals surface area contributed by atoms with Crippen LogP contribution in [0.4, 0.5) is 8.78 Å². The van der Waals surface area contributed by atoms with E-state index in [0.29, 0.717) is 11.5 Å². The molecule has 0 radical (unpaired) electrons. The Bertz CT molecular complexity index is 423. The molecule has 0 saturated carbocycles. The standard InChI is InChI=1S/C12H17F2N3O2/c13-3-5-18-10-2-1-9(8-17-12(15)16)7-11(10)19-6-4-14/h1-2,7H,3-6,8H2,(H4,15,16,17). The Morgan fingerprint density at radius 3 is 2.26 bits per heavy atom. The first-order valence-electron chi connectivity index (χ1n) is 5.73. The number of aliphatic imine (C=N–C) groups is 1. The molecule has 1 aromatic carbocycles. The molecule has 4 N–H and O–H groups in total. The van der Waals surface area contributed by atoms with E-state index in [4.69, 9.17) is 20.9 Å². The van der Waals surface area contributed by atoms with E-state index in [0.717, 1.165) is 5.56 Å². The van der Waals surface area contributed by atoms with Crippen LogP contribution < -0.4 is 20.9 Å². The molecule has 0 saturated heterocycles. The Labute approximate surface area is 110 Å². The van der Waals surface area contributed by atoms with Crippen LogP contribution >= 0.6 is 0 Å². The predicted octanol–water partition coefficient (Wildman–Crippen LogP) is 1.16. The summed E-state index contributed by atoms with van der Waals surface area (Å²) in [6.07, 6.45) is 0. The lowest BCUT2D eigenvalue weighted by molar-refractivity contribution is 0.235. The summed E-state index contributed by atoms with van der Waals surface area (Å²) in [6.45, 7) is -1.15. The fourth-order valence-electron chi connectivity index (χ4n) is 1.36. The molecule has 19 heavy (non-hydrogen) atoms. The number of alkyl halides is 2. The van der Waals surface area contributed by atoms with Gasteiger partial charge in [-0.2, -0.15) is 0 Å². The van der Waals surface area contributed by atoms with Crippen LogP contribution in [0.1, 0.15) is 5.56 Å². The monoisotopic (exact) mass is 273 g/mol. The van der Waals surface area contributed by atoms with E-state index in [2.05, 4.69) is 4.99 Å². The number of nitrogens with two attached hydrogens (primary N) is 2. The average molecular weight is 273 g/mol. The van der Waals surface area contributed by atoms with E-state index >= 15 is 0 Å². The molecule has 0 spiro atoms. The van der Waals surface area contributed by atoms with Crippen molar-refractivity contribution in [3.8, 4) is 11.5 Å². The molecule has 0 aliphatic rings. The Kier molecular flexibility index (Phi) is 6.42. The van der Waals surface area contributed by atoms with Gasteiger partial charge in [-0.25, -0.2) is 13.8 Å².